The van der Waals surface area contributed by atoms with Gasteiger partial charge in [-0.05, 0) is 32.1 Å². The SMILES string of the molecule is CC(C)(C)OC(=O)N1CC=C(S)CC1. The quantitative estimate of drug-likeness (QED) is 0.629. The second-order valence-electron chi connectivity index (χ2n) is 4.37. The highest BCUT2D eigenvalue weighted by Crippen LogP contribution is 2.16. The van der Waals surface area contributed by atoms with Crippen LogP contribution in [0.2, 0.25) is 0 Å². The van der Waals surface area contributed by atoms with E-state index < -0.39 is 5.60 Å². The molecule has 0 radical (unpaired) electrons. The third-order valence-corrected chi connectivity index (χ3v) is 2.24. The fraction of sp³-hybridized carbons (Fsp3) is 0.700. The molecular weight excluding hydrogens is 198 g/mol. The summed E-state index contributed by atoms with van der Waals surface area (Å²) >= 11 is 4.24. The molecule has 0 bridgehead atoms. The number of hydrogen-bond donors (Lipinski definition) is 1. The summed E-state index contributed by atoms with van der Waals surface area (Å²) in [6.07, 6.45) is 2.52. The smallest absolute Gasteiger partial charge is 0.410 e. The van der Waals surface area contributed by atoms with Gasteiger partial charge in [-0.3, -0.25) is 0 Å². The van der Waals surface area contributed by atoms with Crippen molar-refractivity contribution in [3.05, 3.63) is 11.0 Å². The third kappa shape index (κ3) is 3.62. The normalized spacial score (nSPS) is 17.7. The molecule has 1 heterocycles. The second-order valence-corrected chi connectivity index (χ2v) is 4.95. The molecular formula is C10H17NO2S. The average molecular weight is 215 g/mol. The van der Waals surface area contributed by atoms with Crippen molar-refractivity contribution in [2.45, 2.75) is 32.8 Å². The zero-order chi connectivity index (χ0) is 10.8. The predicted molar refractivity (Wildman–Crippen MR) is 59.5 cm³/mol. The molecule has 0 aromatic heterocycles. The van der Waals surface area contributed by atoms with Crippen molar-refractivity contribution >= 4 is 18.7 Å². The average Bonchev–Trinajstić information content (AvgIpc) is 2.02. The van der Waals surface area contributed by atoms with E-state index in [1.807, 2.05) is 26.8 Å². The first kappa shape index (κ1) is 11.4. The molecule has 0 spiro atoms. The van der Waals surface area contributed by atoms with Crippen LogP contribution in [0.5, 0.6) is 0 Å². The van der Waals surface area contributed by atoms with Gasteiger partial charge >= 0.3 is 6.09 Å². The molecule has 0 atom stereocenters. The minimum Gasteiger partial charge on any atom is -0.444 e. The molecule has 0 aromatic carbocycles. The lowest BCUT2D eigenvalue weighted by atomic mass is 10.2. The molecule has 0 aliphatic carbocycles. The van der Waals surface area contributed by atoms with E-state index in [4.69, 9.17) is 4.74 Å². The highest BCUT2D eigenvalue weighted by Gasteiger charge is 2.22. The molecule has 0 N–H and O–H groups in total. The maximum absolute atomic E-state index is 11.6. The third-order valence-electron chi connectivity index (χ3n) is 1.84. The Morgan fingerprint density at radius 1 is 1.57 bits per heavy atom. The summed E-state index contributed by atoms with van der Waals surface area (Å²) in [7, 11) is 0. The van der Waals surface area contributed by atoms with Crippen molar-refractivity contribution in [1.29, 1.82) is 0 Å². The van der Waals surface area contributed by atoms with Crippen LogP contribution in [0.15, 0.2) is 11.0 Å². The van der Waals surface area contributed by atoms with Gasteiger partial charge in [0.2, 0.25) is 0 Å². The van der Waals surface area contributed by atoms with Gasteiger partial charge in [-0.25, -0.2) is 4.79 Å². The fourth-order valence-electron chi connectivity index (χ4n) is 1.15. The molecule has 1 rings (SSSR count). The molecule has 1 aliphatic heterocycles. The fourth-order valence-corrected chi connectivity index (χ4v) is 1.33. The molecule has 0 fully saturated rings. The summed E-state index contributed by atoms with van der Waals surface area (Å²) in [5.74, 6) is 0. The molecule has 0 unspecified atom stereocenters. The van der Waals surface area contributed by atoms with Crippen molar-refractivity contribution < 1.29 is 9.53 Å². The van der Waals surface area contributed by atoms with E-state index in [1.54, 1.807) is 4.90 Å². The minimum absolute atomic E-state index is 0.241. The van der Waals surface area contributed by atoms with Crippen LogP contribution < -0.4 is 0 Å². The Labute approximate surface area is 90.5 Å². The second kappa shape index (κ2) is 4.26. The number of nitrogens with zero attached hydrogens (tertiary/aromatic N) is 1. The monoisotopic (exact) mass is 215 g/mol. The Kier molecular flexibility index (Phi) is 3.48. The summed E-state index contributed by atoms with van der Waals surface area (Å²) in [6.45, 7) is 6.91. The lowest BCUT2D eigenvalue weighted by molar-refractivity contribution is 0.0268. The molecule has 1 amide bonds. The Balaban J connectivity index is 2.47. The van der Waals surface area contributed by atoms with Crippen molar-refractivity contribution in [2.75, 3.05) is 13.1 Å². The summed E-state index contributed by atoms with van der Waals surface area (Å²) < 4.78 is 5.25. The number of carbonyl (C=O) groups excluding carboxylic acids is 1. The van der Waals surface area contributed by atoms with Crippen LogP contribution in [0.25, 0.3) is 0 Å². The van der Waals surface area contributed by atoms with E-state index in [-0.39, 0.29) is 6.09 Å². The van der Waals surface area contributed by atoms with E-state index in [0.717, 1.165) is 11.3 Å². The summed E-state index contributed by atoms with van der Waals surface area (Å²) in [5.41, 5.74) is -0.415. The van der Waals surface area contributed by atoms with Crippen LogP contribution in [-0.2, 0) is 4.74 Å². The van der Waals surface area contributed by atoms with Gasteiger partial charge < -0.3 is 9.64 Å². The molecule has 14 heavy (non-hydrogen) atoms. The van der Waals surface area contributed by atoms with Gasteiger partial charge in [0.1, 0.15) is 5.60 Å². The van der Waals surface area contributed by atoms with E-state index in [1.165, 1.54) is 0 Å². The molecule has 1 aliphatic rings. The zero-order valence-corrected chi connectivity index (χ0v) is 9.80. The summed E-state index contributed by atoms with van der Waals surface area (Å²) in [6, 6.07) is 0. The van der Waals surface area contributed by atoms with E-state index in [2.05, 4.69) is 12.6 Å². The Morgan fingerprint density at radius 2 is 2.21 bits per heavy atom. The molecule has 4 heteroatoms. The maximum Gasteiger partial charge on any atom is 0.410 e. The van der Waals surface area contributed by atoms with Gasteiger partial charge in [0.25, 0.3) is 0 Å². The largest absolute Gasteiger partial charge is 0.444 e. The van der Waals surface area contributed by atoms with E-state index in [9.17, 15) is 4.79 Å². The Hall–Kier alpha value is -0.640. The molecule has 80 valence electrons. The highest BCUT2D eigenvalue weighted by molar-refractivity contribution is 7.84. The lowest BCUT2D eigenvalue weighted by Gasteiger charge is -2.28. The van der Waals surface area contributed by atoms with Crippen molar-refractivity contribution in [1.82, 2.24) is 4.90 Å². The number of hydrogen-bond acceptors (Lipinski definition) is 3. The Bertz CT molecular complexity index is 255. The first-order valence-electron chi connectivity index (χ1n) is 4.74. The first-order chi connectivity index (χ1) is 6.38. The lowest BCUT2D eigenvalue weighted by Crippen LogP contribution is -2.38. The van der Waals surface area contributed by atoms with Crippen molar-refractivity contribution in [3.63, 3.8) is 0 Å². The Morgan fingerprint density at radius 3 is 2.64 bits per heavy atom. The van der Waals surface area contributed by atoms with Gasteiger partial charge in [-0.2, -0.15) is 0 Å². The van der Waals surface area contributed by atoms with Crippen molar-refractivity contribution in [3.8, 4) is 0 Å². The maximum atomic E-state index is 11.6. The van der Waals surface area contributed by atoms with Crippen LogP contribution in [0.1, 0.15) is 27.2 Å². The van der Waals surface area contributed by atoms with Crippen LogP contribution in [0, 0.1) is 0 Å². The molecule has 0 saturated carbocycles. The zero-order valence-electron chi connectivity index (χ0n) is 8.91. The first-order valence-corrected chi connectivity index (χ1v) is 5.19. The standard InChI is InChI=1S/C10H17NO2S/c1-10(2,3)13-9(12)11-6-4-8(14)5-7-11/h4,14H,5-7H2,1-3H3. The summed E-state index contributed by atoms with van der Waals surface area (Å²) in [4.78, 5) is 14.3. The van der Waals surface area contributed by atoms with Gasteiger partial charge in [-0.15, -0.1) is 12.6 Å². The molecule has 0 aromatic rings. The van der Waals surface area contributed by atoms with Gasteiger partial charge in [0, 0.05) is 13.1 Å². The number of rotatable bonds is 0. The van der Waals surface area contributed by atoms with Crippen LogP contribution in [-0.4, -0.2) is 29.7 Å². The van der Waals surface area contributed by atoms with Gasteiger partial charge in [0.05, 0.1) is 0 Å². The van der Waals surface area contributed by atoms with Gasteiger partial charge in [0.15, 0.2) is 0 Å². The van der Waals surface area contributed by atoms with Crippen LogP contribution >= 0.6 is 12.6 Å². The van der Waals surface area contributed by atoms with Crippen LogP contribution in [0.3, 0.4) is 0 Å². The number of thiol groups is 1. The van der Waals surface area contributed by atoms with Crippen molar-refractivity contribution in [2.24, 2.45) is 0 Å². The summed E-state index contributed by atoms with van der Waals surface area (Å²) in [5, 5.41) is 0. The minimum atomic E-state index is -0.415. The van der Waals surface area contributed by atoms with Crippen LogP contribution in [0.4, 0.5) is 4.79 Å². The molecule has 0 saturated heterocycles. The number of amides is 1. The number of ether oxygens (including phenoxy) is 1. The van der Waals surface area contributed by atoms with E-state index >= 15 is 0 Å². The topological polar surface area (TPSA) is 29.5 Å². The predicted octanol–water partition coefficient (Wildman–Crippen LogP) is 2.44. The number of carbonyl (C=O) groups is 1. The molecule has 3 nitrogen and oxygen atoms in total. The van der Waals surface area contributed by atoms with Gasteiger partial charge in [-0.1, -0.05) is 6.08 Å². The highest BCUT2D eigenvalue weighted by atomic mass is 32.1. The van der Waals surface area contributed by atoms with E-state index in [0.29, 0.717) is 13.1 Å².